The summed E-state index contributed by atoms with van der Waals surface area (Å²) in [6.07, 6.45) is 4.12. The van der Waals surface area contributed by atoms with Crippen LogP contribution in [0.3, 0.4) is 0 Å². The Hall–Kier alpha value is -2.07. The number of aromatic nitrogens is 1. The second kappa shape index (κ2) is 7.67. The van der Waals surface area contributed by atoms with E-state index >= 15 is 0 Å². The molecule has 3 rings (SSSR count). The molecule has 0 radical (unpaired) electrons. The summed E-state index contributed by atoms with van der Waals surface area (Å²) >= 11 is 3.44. The topological polar surface area (TPSA) is 44.9 Å². The molecular weight excluding hydrogens is 364 g/mol. The molecule has 0 aliphatic heterocycles. The molecule has 0 saturated heterocycles. The van der Waals surface area contributed by atoms with Crippen LogP contribution in [-0.4, -0.2) is 10.9 Å². The minimum Gasteiger partial charge on any atom is -0.361 e. The van der Waals surface area contributed by atoms with Crippen molar-refractivity contribution in [3.05, 3.63) is 70.3 Å². The third-order valence-electron chi connectivity index (χ3n) is 4.31. The number of aryl methyl sites for hydroxylation is 1. The van der Waals surface area contributed by atoms with Gasteiger partial charge in [-0.2, -0.15) is 0 Å². The van der Waals surface area contributed by atoms with Crippen LogP contribution in [0.5, 0.6) is 0 Å². The number of H-pyrrole nitrogens is 1. The zero-order chi connectivity index (χ0) is 16.9. The summed E-state index contributed by atoms with van der Waals surface area (Å²) in [5.41, 5.74) is 3.45. The molecule has 0 aliphatic rings. The number of amides is 1. The summed E-state index contributed by atoms with van der Waals surface area (Å²) in [5, 5.41) is 4.35. The van der Waals surface area contributed by atoms with Gasteiger partial charge in [-0.15, -0.1) is 0 Å². The number of rotatable bonds is 6. The largest absolute Gasteiger partial charge is 0.361 e. The summed E-state index contributed by atoms with van der Waals surface area (Å²) < 4.78 is 1.05. The lowest BCUT2D eigenvalue weighted by molar-refractivity contribution is -0.121. The van der Waals surface area contributed by atoms with Gasteiger partial charge in [-0.25, -0.2) is 0 Å². The Morgan fingerprint density at radius 3 is 2.67 bits per heavy atom. The van der Waals surface area contributed by atoms with Crippen molar-refractivity contribution in [2.75, 3.05) is 0 Å². The van der Waals surface area contributed by atoms with E-state index in [1.54, 1.807) is 0 Å². The first-order valence-electron chi connectivity index (χ1n) is 8.27. The molecule has 1 atom stereocenters. The lowest BCUT2D eigenvalue weighted by Crippen LogP contribution is -2.28. The van der Waals surface area contributed by atoms with Crippen LogP contribution in [-0.2, 0) is 11.2 Å². The molecule has 0 fully saturated rings. The highest BCUT2D eigenvalue weighted by Gasteiger charge is 2.13. The van der Waals surface area contributed by atoms with Crippen LogP contribution in [0.25, 0.3) is 10.9 Å². The molecule has 124 valence electrons. The van der Waals surface area contributed by atoms with Crippen molar-refractivity contribution in [3.63, 3.8) is 0 Å². The monoisotopic (exact) mass is 384 g/mol. The van der Waals surface area contributed by atoms with E-state index in [1.807, 2.05) is 30.5 Å². The van der Waals surface area contributed by atoms with Crippen molar-refractivity contribution in [1.29, 1.82) is 0 Å². The van der Waals surface area contributed by atoms with Gasteiger partial charge in [-0.05, 0) is 42.2 Å². The van der Waals surface area contributed by atoms with Gasteiger partial charge in [0.2, 0.25) is 5.91 Å². The fourth-order valence-electron chi connectivity index (χ4n) is 2.97. The number of aromatic amines is 1. The van der Waals surface area contributed by atoms with Crippen molar-refractivity contribution in [3.8, 4) is 0 Å². The lowest BCUT2D eigenvalue weighted by atomic mass is 10.0. The predicted molar refractivity (Wildman–Crippen MR) is 102 cm³/mol. The molecule has 1 heterocycles. The van der Waals surface area contributed by atoms with Crippen molar-refractivity contribution in [1.82, 2.24) is 10.3 Å². The van der Waals surface area contributed by atoms with E-state index in [0.717, 1.165) is 28.4 Å². The molecule has 0 saturated carbocycles. The molecule has 3 nitrogen and oxygen atoms in total. The molecule has 4 heteroatoms. The third kappa shape index (κ3) is 3.88. The van der Waals surface area contributed by atoms with E-state index < -0.39 is 0 Å². The van der Waals surface area contributed by atoms with Gasteiger partial charge < -0.3 is 10.3 Å². The highest BCUT2D eigenvalue weighted by atomic mass is 79.9. The van der Waals surface area contributed by atoms with Gasteiger partial charge in [0.05, 0.1) is 6.04 Å². The Balaban J connectivity index is 1.61. The zero-order valence-corrected chi connectivity index (χ0v) is 15.3. The van der Waals surface area contributed by atoms with E-state index in [1.165, 1.54) is 10.9 Å². The van der Waals surface area contributed by atoms with Crippen LogP contribution < -0.4 is 5.32 Å². The summed E-state index contributed by atoms with van der Waals surface area (Å²) in [5.74, 6) is 0.0926. The molecule has 1 amide bonds. The first-order chi connectivity index (χ1) is 11.7. The van der Waals surface area contributed by atoms with Crippen molar-refractivity contribution >= 4 is 32.7 Å². The summed E-state index contributed by atoms with van der Waals surface area (Å²) in [4.78, 5) is 15.6. The maximum absolute atomic E-state index is 12.4. The molecule has 2 aromatic carbocycles. The van der Waals surface area contributed by atoms with Crippen molar-refractivity contribution in [2.24, 2.45) is 0 Å². The smallest absolute Gasteiger partial charge is 0.220 e. The number of hydrogen-bond donors (Lipinski definition) is 2. The maximum Gasteiger partial charge on any atom is 0.220 e. The number of carbonyl (C=O) groups is 1. The Kier molecular flexibility index (Phi) is 5.36. The lowest BCUT2D eigenvalue weighted by Gasteiger charge is -2.17. The van der Waals surface area contributed by atoms with Crippen LogP contribution in [0.4, 0.5) is 0 Å². The number of fused-ring (bicyclic) bond motifs is 1. The van der Waals surface area contributed by atoms with Gasteiger partial charge in [0.1, 0.15) is 0 Å². The Morgan fingerprint density at radius 2 is 1.92 bits per heavy atom. The Labute approximate surface area is 150 Å². The first-order valence-corrected chi connectivity index (χ1v) is 9.06. The standard InChI is InChI=1S/C20H21BrN2O/c1-2-18(14-7-10-16(21)11-8-14)23-20(24)12-9-15-13-22-19-6-4-3-5-17(15)19/h3-8,10-11,13,18,22H,2,9,12H2,1H3,(H,23,24)/t18-/m0/s1. The van der Waals surface area contributed by atoms with Crippen LogP contribution in [0.1, 0.15) is 36.9 Å². The molecule has 0 aliphatic carbocycles. The molecule has 2 N–H and O–H groups in total. The Bertz CT molecular complexity index is 823. The van der Waals surface area contributed by atoms with Gasteiger partial charge in [-0.3, -0.25) is 4.79 Å². The van der Waals surface area contributed by atoms with Crippen LogP contribution >= 0.6 is 15.9 Å². The number of carbonyl (C=O) groups excluding carboxylic acids is 1. The van der Waals surface area contributed by atoms with Gasteiger partial charge >= 0.3 is 0 Å². The van der Waals surface area contributed by atoms with Crippen molar-refractivity contribution < 1.29 is 4.79 Å². The highest BCUT2D eigenvalue weighted by Crippen LogP contribution is 2.21. The fraction of sp³-hybridized carbons (Fsp3) is 0.250. The molecule has 0 bridgehead atoms. The molecule has 3 aromatic rings. The Morgan fingerprint density at radius 1 is 1.17 bits per heavy atom. The average Bonchev–Trinajstić information content (AvgIpc) is 3.02. The molecule has 24 heavy (non-hydrogen) atoms. The SMILES string of the molecule is CC[C@H](NC(=O)CCc1c[nH]c2ccccc12)c1ccc(Br)cc1. The first kappa shape index (κ1) is 16.8. The number of halogens is 1. The second-order valence-electron chi connectivity index (χ2n) is 5.94. The molecular formula is C20H21BrN2O. The zero-order valence-electron chi connectivity index (χ0n) is 13.7. The van der Waals surface area contributed by atoms with Crippen LogP contribution in [0.2, 0.25) is 0 Å². The van der Waals surface area contributed by atoms with Crippen LogP contribution in [0.15, 0.2) is 59.2 Å². The van der Waals surface area contributed by atoms with Gasteiger partial charge in [0, 0.05) is 28.0 Å². The minimum atomic E-state index is 0.0635. The van der Waals surface area contributed by atoms with Gasteiger partial charge in [0.15, 0.2) is 0 Å². The van der Waals surface area contributed by atoms with E-state index in [0.29, 0.717) is 6.42 Å². The summed E-state index contributed by atoms with van der Waals surface area (Å²) in [7, 11) is 0. The average molecular weight is 385 g/mol. The summed E-state index contributed by atoms with van der Waals surface area (Å²) in [6, 6.07) is 16.4. The number of para-hydroxylation sites is 1. The maximum atomic E-state index is 12.4. The molecule has 0 spiro atoms. The van der Waals surface area contributed by atoms with E-state index in [9.17, 15) is 4.79 Å². The number of nitrogens with one attached hydrogen (secondary N) is 2. The number of benzene rings is 2. The van der Waals surface area contributed by atoms with E-state index in [2.05, 4.69) is 57.4 Å². The normalized spacial score (nSPS) is 12.2. The summed E-state index contributed by atoms with van der Waals surface area (Å²) in [6.45, 7) is 2.09. The molecule has 1 aromatic heterocycles. The van der Waals surface area contributed by atoms with Crippen molar-refractivity contribution in [2.45, 2.75) is 32.2 Å². The van der Waals surface area contributed by atoms with Gasteiger partial charge in [-0.1, -0.05) is 53.2 Å². The second-order valence-corrected chi connectivity index (χ2v) is 6.86. The quantitative estimate of drug-likeness (QED) is 0.607. The minimum absolute atomic E-state index is 0.0635. The number of hydrogen-bond acceptors (Lipinski definition) is 1. The van der Waals surface area contributed by atoms with E-state index in [-0.39, 0.29) is 11.9 Å². The third-order valence-corrected chi connectivity index (χ3v) is 4.84. The van der Waals surface area contributed by atoms with Gasteiger partial charge in [0.25, 0.3) is 0 Å². The molecule has 0 unspecified atom stereocenters. The van der Waals surface area contributed by atoms with Crippen LogP contribution in [0, 0.1) is 0 Å². The highest BCUT2D eigenvalue weighted by molar-refractivity contribution is 9.10. The fourth-order valence-corrected chi connectivity index (χ4v) is 3.23. The van der Waals surface area contributed by atoms with E-state index in [4.69, 9.17) is 0 Å². The predicted octanol–water partition coefficient (Wildman–Crippen LogP) is 5.13.